The lowest BCUT2D eigenvalue weighted by Crippen LogP contribution is -1.89. The molecule has 13 heavy (non-hydrogen) atoms. The number of rotatable bonds is 4. The highest BCUT2D eigenvalue weighted by Crippen LogP contribution is 2.19. The van der Waals surface area contributed by atoms with E-state index in [1.54, 1.807) is 0 Å². The molecule has 0 aromatic rings. The quantitative estimate of drug-likeness (QED) is 0.583. The predicted octanol–water partition coefficient (Wildman–Crippen LogP) is 4.88. The lowest BCUT2D eigenvalue weighted by Gasteiger charge is -2.03. The second-order valence-electron chi connectivity index (χ2n) is 2.90. The Kier molecular flexibility index (Phi) is 13.9. The van der Waals surface area contributed by atoms with Crippen LogP contribution >= 0.6 is 11.8 Å². The van der Waals surface area contributed by atoms with Crippen LogP contribution < -0.4 is 0 Å². The summed E-state index contributed by atoms with van der Waals surface area (Å²) in [6, 6.07) is 0. The molecule has 78 valence electrons. The highest BCUT2D eigenvalue weighted by atomic mass is 32.2. The molecule has 0 N–H and O–H groups in total. The molecular formula is C12H24S. The Morgan fingerprint density at radius 1 is 1.23 bits per heavy atom. The Morgan fingerprint density at radius 2 is 1.77 bits per heavy atom. The maximum atomic E-state index is 2.25. The van der Waals surface area contributed by atoms with Gasteiger partial charge in [-0.3, -0.25) is 0 Å². The summed E-state index contributed by atoms with van der Waals surface area (Å²) in [6.07, 6.45) is 6.41. The van der Waals surface area contributed by atoms with Gasteiger partial charge in [-0.2, -0.15) is 0 Å². The number of hydrogen-bond donors (Lipinski definition) is 0. The van der Waals surface area contributed by atoms with Crippen LogP contribution in [0.4, 0.5) is 0 Å². The molecule has 0 aliphatic heterocycles. The lowest BCUT2D eigenvalue weighted by molar-refractivity contribution is 0.751. The van der Waals surface area contributed by atoms with Gasteiger partial charge in [0.25, 0.3) is 0 Å². The molecular weight excluding hydrogens is 176 g/mol. The summed E-state index contributed by atoms with van der Waals surface area (Å²) in [7, 11) is 0. The van der Waals surface area contributed by atoms with Crippen LogP contribution in [0.2, 0.25) is 0 Å². The van der Waals surface area contributed by atoms with Gasteiger partial charge in [-0.15, -0.1) is 11.8 Å². The fraction of sp³-hybridized carbons (Fsp3) is 0.667. The average molecular weight is 200 g/mol. The maximum Gasteiger partial charge on any atom is 0.00260 e. The van der Waals surface area contributed by atoms with Gasteiger partial charge in [-0.05, 0) is 19.8 Å². The third kappa shape index (κ3) is 11.8. The van der Waals surface area contributed by atoms with Crippen LogP contribution in [0.1, 0.15) is 41.5 Å². The zero-order chi connectivity index (χ0) is 10.7. The van der Waals surface area contributed by atoms with Gasteiger partial charge in [0, 0.05) is 10.7 Å². The van der Waals surface area contributed by atoms with Crippen molar-refractivity contribution in [1.29, 1.82) is 0 Å². The Labute approximate surface area is 88.5 Å². The minimum atomic E-state index is 0.778. The molecule has 0 unspecified atom stereocenters. The summed E-state index contributed by atoms with van der Waals surface area (Å²) in [5, 5.41) is 0. The summed E-state index contributed by atoms with van der Waals surface area (Å²) in [4.78, 5) is 1.38. The topological polar surface area (TPSA) is 0 Å². The standard InChI is InChI=1S/C10H18S.C2H6/c1-5-7-10(6-2)11-8-9(3)4;1-2/h5-7,9H,8H2,1-4H3;1-2H3/b7-5-,10-6+;. The van der Waals surface area contributed by atoms with Crippen LogP contribution in [0.15, 0.2) is 23.1 Å². The molecule has 0 saturated heterocycles. The number of thioether (sulfide) groups is 1. The molecule has 0 fully saturated rings. The van der Waals surface area contributed by atoms with Gasteiger partial charge in [0.2, 0.25) is 0 Å². The molecule has 0 atom stereocenters. The summed E-state index contributed by atoms with van der Waals surface area (Å²) in [5.74, 6) is 1.99. The van der Waals surface area contributed by atoms with Crippen molar-refractivity contribution in [2.75, 3.05) is 5.75 Å². The third-order valence-electron chi connectivity index (χ3n) is 1.20. The van der Waals surface area contributed by atoms with E-state index in [1.807, 2.05) is 25.6 Å². The Morgan fingerprint density at radius 3 is 2.08 bits per heavy atom. The van der Waals surface area contributed by atoms with Crippen LogP contribution in [0, 0.1) is 5.92 Å². The van der Waals surface area contributed by atoms with Crippen LogP contribution in [-0.4, -0.2) is 5.75 Å². The van der Waals surface area contributed by atoms with Crippen molar-refractivity contribution in [3.63, 3.8) is 0 Å². The molecule has 0 rings (SSSR count). The van der Waals surface area contributed by atoms with E-state index in [9.17, 15) is 0 Å². The van der Waals surface area contributed by atoms with E-state index in [1.165, 1.54) is 10.7 Å². The van der Waals surface area contributed by atoms with Crippen molar-refractivity contribution in [2.45, 2.75) is 41.5 Å². The third-order valence-corrected chi connectivity index (χ3v) is 2.74. The first-order chi connectivity index (χ1) is 6.20. The molecule has 0 aromatic heterocycles. The summed E-state index contributed by atoms with van der Waals surface area (Å²) < 4.78 is 0. The van der Waals surface area contributed by atoms with Gasteiger partial charge in [-0.1, -0.05) is 45.9 Å². The van der Waals surface area contributed by atoms with Crippen LogP contribution in [-0.2, 0) is 0 Å². The van der Waals surface area contributed by atoms with Crippen LogP contribution in [0.25, 0.3) is 0 Å². The fourth-order valence-electron chi connectivity index (χ4n) is 0.655. The largest absolute Gasteiger partial charge is 0.126 e. The summed E-state index contributed by atoms with van der Waals surface area (Å²) in [6.45, 7) is 12.6. The van der Waals surface area contributed by atoms with E-state index in [-0.39, 0.29) is 0 Å². The van der Waals surface area contributed by atoms with Gasteiger partial charge in [-0.25, -0.2) is 0 Å². The first kappa shape index (κ1) is 15.3. The smallest absolute Gasteiger partial charge is 0.00260 e. The Hall–Kier alpha value is -0.170. The molecule has 0 aliphatic rings. The average Bonchev–Trinajstić information content (AvgIpc) is 2.15. The highest BCUT2D eigenvalue weighted by molar-refractivity contribution is 8.03. The second kappa shape index (κ2) is 11.8. The van der Waals surface area contributed by atoms with Gasteiger partial charge in [0.05, 0.1) is 0 Å². The molecule has 0 nitrogen and oxygen atoms in total. The molecule has 0 aliphatic carbocycles. The molecule has 0 radical (unpaired) electrons. The first-order valence-electron chi connectivity index (χ1n) is 5.12. The number of allylic oxidation sites excluding steroid dienone is 3. The minimum absolute atomic E-state index is 0.778. The normalized spacial score (nSPS) is 11.8. The van der Waals surface area contributed by atoms with E-state index in [4.69, 9.17) is 0 Å². The fourth-order valence-corrected chi connectivity index (χ4v) is 1.58. The van der Waals surface area contributed by atoms with Crippen molar-refractivity contribution in [1.82, 2.24) is 0 Å². The van der Waals surface area contributed by atoms with Crippen molar-refractivity contribution in [3.05, 3.63) is 23.1 Å². The van der Waals surface area contributed by atoms with Gasteiger partial charge >= 0.3 is 0 Å². The monoisotopic (exact) mass is 200 g/mol. The predicted molar refractivity (Wildman–Crippen MR) is 67.2 cm³/mol. The molecule has 0 heterocycles. The van der Waals surface area contributed by atoms with Crippen LogP contribution in [0.5, 0.6) is 0 Å². The van der Waals surface area contributed by atoms with E-state index < -0.39 is 0 Å². The minimum Gasteiger partial charge on any atom is -0.126 e. The molecule has 0 bridgehead atoms. The van der Waals surface area contributed by atoms with E-state index >= 15 is 0 Å². The van der Waals surface area contributed by atoms with Crippen molar-refractivity contribution < 1.29 is 0 Å². The van der Waals surface area contributed by atoms with Gasteiger partial charge < -0.3 is 0 Å². The van der Waals surface area contributed by atoms with Gasteiger partial charge in [0.15, 0.2) is 0 Å². The Bertz CT molecular complexity index is 143. The van der Waals surface area contributed by atoms with E-state index in [0.29, 0.717) is 0 Å². The van der Waals surface area contributed by atoms with Crippen molar-refractivity contribution >= 4 is 11.8 Å². The summed E-state index contributed by atoms with van der Waals surface area (Å²) >= 11 is 1.93. The Balaban J connectivity index is 0. The maximum absolute atomic E-state index is 2.25. The molecule has 0 aromatic carbocycles. The van der Waals surface area contributed by atoms with E-state index in [2.05, 4.69) is 45.9 Å². The molecule has 0 amide bonds. The second-order valence-corrected chi connectivity index (χ2v) is 3.99. The van der Waals surface area contributed by atoms with Gasteiger partial charge in [0.1, 0.15) is 0 Å². The number of hydrogen-bond acceptors (Lipinski definition) is 1. The van der Waals surface area contributed by atoms with Crippen molar-refractivity contribution in [3.8, 4) is 0 Å². The molecule has 0 saturated carbocycles. The van der Waals surface area contributed by atoms with E-state index in [0.717, 1.165) is 5.92 Å². The van der Waals surface area contributed by atoms with Crippen LogP contribution in [0.3, 0.4) is 0 Å². The highest BCUT2D eigenvalue weighted by Gasteiger charge is 1.95. The lowest BCUT2D eigenvalue weighted by atomic mass is 10.3. The zero-order valence-electron chi connectivity index (χ0n) is 9.92. The molecule has 0 spiro atoms. The van der Waals surface area contributed by atoms with Crippen molar-refractivity contribution in [2.24, 2.45) is 5.92 Å². The zero-order valence-corrected chi connectivity index (χ0v) is 10.7. The first-order valence-corrected chi connectivity index (χ1v) is 6.11. The SMILES string of the molecule is C/C=C\C(=C/C)SCC(C)C.CC. The summed E-state index contributed by atoms with van der Waals surface area (Å²) in [5.41, 5.74) is 0. The molecule has 1 heteroatoms.